The van der Waals surface area contributed by atoms with Crippen LogP contribution in [0.25, 0.3) is 0 Å². The van der Waals surface area contributed by atoms with Gasteiger partial charge in [0.1, 0.15) is 0 Å². The third-order valence-electron chi connectivity index (χ3n) is 5.22. The van der Waals surface area contributed by atoms with Crippen LogP contribution in [-0.2, 0) is 4.79 Å². The van der Waals surface area contributed by atoms with E-state index in [-0.39, 0.29) is 16.6 Å². The molecule has 0 bridgehead atoms. The fourth-order valence-electron chi connectivity index (χ4n) is 3.45. The fraction of sp³-hybridized carbons (Fsp3) is 0.400. The molecule has 0 spiro atoms. The Balaban J connectivity index is 1.99. The minimum atomic E-state index is -0.434. The van der Waals surface area contributed by atoms with Crippen LogP contribution in [0, 0.1) is 10.8 Å². The zero-order chi connectivity index (χ0) is 21.6. The summed E-state index contributed by atoms with van der Waals surface area (Å²) in [6.07, 6.45) is 8.54. The predicted octanol–water partition coefficient (Wildman–Crippen LogP) is 4.77. The van der Waals surface area contributed by atoms with E-state index in [1.165, 1.54) is 13.0 Å². The summed E-state index contributed by atoms with van der Waals surface area (Å²) < 4.78 is 8.17. The number of benzene rings is 1. The molecule has 0 saturated heterocycles. The number of ether oxygens (including phenoxy) is 1. The number of carbonyl (C=O) groups excluding carboxylic acids is 1. The van der Waals surface area contributed by atoms with Crippen LogP contribution in [0.1, 0.15) is 41.5 Å². The number of anilines is 1. The molecule has 0 fully saturated rings. The molecule has 1 heterocycles. The summed E-state index contributed by atoms with van der Waals surface area (Å²) in [5.74, 6) is 1.07. The first-order chi connectivity index (χ1) is 13.4. The molecule has 2 aliphatic rings. The van der Waals surface area contributed by atoms with E-state index < -0.39 is 20.9 Å². The summed E-state index contributed by atoms with van der Waals surface area (Å²) in [5, 5.41) is 0. The molecule has 0 N–H and O–H groups in total. The van der Waals surface area contributed by atoms with Crippen LogP contribution in [0.2, 0.25) is 0 Å². The number of rotatable bonds is 2. The Morgan fingerprint density at radius 1 is 0.966 bits per heavy atom. The van der Waals surface area contributed by atoms with E-state index in [0.717, 1.165) is 22.5 Å². The van der Waals surface area contributed by atoms with Gasteiger partial charge in [-0.05, 0) is 0 Å². The molecule has 0 atom stereocenters. The number of methoxy groups -OCH3 is 1. The molecule has 154 valence electrons. The molecule has 0 radical (unpaired) electrons. The first-order valence-corrected chi connectivity index (χ1v) is 12.3. The Hall–Kier alpha value is -1.76. The normalized spacial score (nSPS) is 18.6. The second kappa shape index (κ2) is 7.82. The SMILES string of the molecule is COc1ccc2c(c1)N(C)C(=CC=C1C=C(C(C)(C)C)C(=O)C(C(C)(C)C)=C1)[Te]2. The predicted molar refractivity (Wildman–Crippen MR) is 123 cm³/mol. The number of hydrogen-bond acceptors (Lipinski definition) is 3. The Labute approximate surface area is 185 Å². The average Bonchev–Trinajstić information content (AvgIpc) is 2.94. The number of ketones is 1. The molecular formula is C25H31NO2Te. The van der Waals surface area contributed by atoms with Gasteiger partial charge in [-0.3, -0.25) is 0 Å². The Morgan fingerprint density at radius 2 is 1.55 bits per heavy atom. The topological polar surface area (TPSA) is 29.5 Å². The fourth-order valence-corrected chi connectivity index (χ4v) is 6.40. The van der Waals surface area contributed by atoms with Crippen molar-refractivity contribution in [2.45, 2.75) is 41.5 Å². The second-order valence-corrected chi connectivity index (χ2v) is 12.6. The van der Waals surface area contributed by atoms with Gasteiger partial charge in [-0.2, -0.15) is 0 Å². The molecule has 3 rings (SSSR count). The summed E-state index contributed by atoms with van der Waals surface area (Å²) in [7, 11) is 3.83. The van der Waals surface area contributed by atoms with E-state index in [9.17, 15) is 4.79 Å². The quantitative estimate of drug-likeness (QED) is 0.543. The maximum atomic E-state index is 13.1. The number of allylic oxidation sites excluding steroid dienone is 7. The van der Waals surface area contributed by atoms with Crippen molar-refractivity contribution in [3.63, 3.8) is 0 Å². The second-order valence-electron chi connectivity index (χ2n) is 9.61. The number of carbonyl (C=O) groups is 1. The molecule has 0 unspecified atom stereocenters. The average molecular weight is 505 g/mol. The maximum absolute atomic E-state index is 13.1. The van der Waals surface area contributed by atoms with Gasteiger partial charge in [-0.25, -0.2) is 0 Å². The first-order valence-electron chi connectivity index (χ1n) is 9.92. The molecular weight excluding hydrogens is 474 g/mol. The van der Waals surface area contributed by atoms with Crippen molar-refractivity contribution in [3.8, 4) is 5.75 Å². The molecule has 29 heavy (non-hydrogen) atoms. The van der Waals surface area contributed by atoms with Crippen LogP contribution < -0.4 is 13.2 Å². The Morgan fingerprint density at radius 3 is 2.07 bits per heavy atom. The van der Waals surface area contributed by atoms with Gasteiger partial charge in [0.2, 0.25) is 0 Å². The van der Waals surface area contributed by atoms with E-state index in [1.54, 1.807) is 7.11 Å². The third kappa shape index (κ3) is 4.55. The van der Waals surface area contributed by atoms with E-state index in [2.05, 4.69) is 89.9 Å². The van der Waals surface area contributed by atoms with Crippen molar-refractivity contribution < 1.29 is 9.53 Å². The summed E-state index contributed by atoms with van der Waals surface area (Å²) in [5.41, 5.74) is 3.75. The summed E-state index contributed by atoms with van der Waals surface area (Å²) in [4.78, 5) is 15.4. The summed E-state index contributed by atoms with van der Waals surface area (Å²) in [6.45, 7) is 12.7. The van der Waals surface area contributed by atoms with Gasteiger partial charge in [0, 0.05) is 0 Å². The van der Waals surface area contributed by atoms with Crippen LogP contribution >= 0.6 is 0 Å². The third-order valence-corrected chi connectivity index (χ3v) is 8.60. The van der Waals surface area contributed by atoms with E-state index in [0.29, 0.717) is 0 Å². The van der Waals surface area contributed by atoms with Crippen molar-refractivity contribution in [2.24, 2.45) is 10.8 Å². The standard InChI is InChI=1S/C25H31NO2Te/c1-24(2,3)18-13-16(14-19(23(18)27)25(4,5)6)9-12-22-26(7)20-15-17(28-8)10-11-21(20)29-22/h9-15H,1-8H3. The zero-order valence-electron chi connectivity index (χ0n) is 18.7. The van der Waals surface area contributed by atoms with Gasteiger partial charge in [0.05, 0.1) is 0 Å². The van der Waals surface area contributed by atoms with Gasteiger partial charge < -0.3 is 0 Å². The molecule has 4 heteroatoms. The molecule has 1 aliphatic heterocycles. The van der Waals surface area contributed by atoms with Crippen LogP contribution in [0.5, 0.6) is 5.75 Å². The molecule has 3 nitrogen and oxygen atoms in total. The van der Waals surface area contributed by atoms with Gasteiger partial charge in [0.25, 0.3) is 0 Å². The van der Waals surface area contributed by atoms with Crippen molar-refractivity contribution in [2.75, 3.05) is 19.1 Å². The van der Waals surface area contributed by atoms with Crippen LogP contribution in [0.15, 0.2) is 63.0 Å². The molecule has 1 aliphatic carbocycles. The van der Waals surface area contributed by atoms with Crippen LogP contribution in [0.3, 0.4) is 0 Å². The number of fused-ring (bicyclic) bond motifs is 1. The number of hydrogen-bond donors (Lipinski definition) is 0. The van der Waals surface area contributed by atoms with E-state index in [1.807, 2.05) is 6.07 Å². The van der Waals surface area contributed by atoms with Gasteiger partial charge in [-0.1, -0.05) is 0 Å². The van der Waals surface area contributed by atoms with Gasteiger partial charge in [0.15, 0.2) is 0 Å². The van der Waals surface area contributed by atoms with Crippen LogP contribution in [-0.4, -0.2) is 40.9 Å². The minimum absolute atomic E-state index is 0.181. The first kappa shape index (κ1) is 21.9. The zero-order valence-corrected chi connectivity index (χ0v) is 21.0. The van der Waals surface area contributed by atoms with Crippen LogP contribution in [0.4, 0.5) is 5.69 Å². The Bertz CT molecular complexity index is 930. The van der Waals surface area contributed by atoms with Crippen molar-refractivity contribution >= 4 is 36.0 Å². The van der Waals surface area contributed by atoms with E-state index >= 15 is 0 Å². The summed E-state index contributed by atoms with van der Waals surface area (Å²) in [6, 6.07) is 6.35. The number of nitrogens with zero attached hydrogens (tertiary/aromatic N) is 1. The summed E-state index contributed by atoms with van der Waals surface area (Å²) >= 11 is -0.434. The van der Waals surface area contributed by atoms with Gasteiger partial charge >= 0.3 is 186 Å². The molecule has 0 saturated carbocycles. The number of Topliss-reactive ketones (excluding diaryl/α,β-unsaturated/α-hetero) is 1. The molecule has 1 aromatic rings. The van der Waals surface area contributed by atoms with Gasteiger partial charge in [-0.15, -0.1) is 0 Å². The van der Waals surface area contributed by atoms with E-state index in [4.69, 9.17) is 4.74 Å². The van der Waals surface area contributed by atoms with Crippen molar-refractivity contribution in [1.29, 1.82) is 0 Å². The van der Waals surface area contributed by atoms with Crippen molar-refractivity contribution in [1.82, 2.24) is 0 Å². The molecule has 0 aromatic heterocycles. The Kier molecular flexibility index (Phi) is 5.91. The molecule has 1 aromatic carbocycles. The van der Waals surface area contributed by atoms with Crippen molar-refractivity contribution in [3.05, 3.63) is 63.0 Å². The molecule has 0 amide bonds. The monoisotopic (exact) mass is 507 g/mol.